The molecule has 0 saturated carbocycles. The van der Waals surface area contributed by atoms with E-state index in [2.05, 4.69) is 17.3 Å². The highest BCUT2D eigenvalue weighted by Crippen LogP contribution is 2.17. The third-order valence-corrected chi connectivity index (χ3v) is 2.43. The van der Waals surface area contributed by atoms with Crippen molar-refractivity contribution in [1.29, 1.82) is 0 Å². The predicted molar refractivity (Wildman–Crippen MR) is 50.6 cm³/mol. The SMILES string of the molecule is C[C@H]1OCC[C@H]1Nc1cnn(C)c1. The van der Waals surface area contributed by atoms with Crippen molar-refractivity contribution in [3.05, 3.63) is 12.4 Å². The molecule has 0 radical (unpaired) electrons. The van der Waals surface area contributed by atoms with Crippen molar-refractivity contribution in [2.75, 3.05) is 11.9 Å². The molecule has 2 rings (SSSR count). The first-order valence-corrected chi connectivity index (χ1v) is 4.62. The second-order valence-corrected chi connectivity index (χ2v) is 3.52. The average molecular weight is 181 g/mol. The van der Waals surface area contributed by atoms with Gasteiger partial charge in [0, 0.05) is 19.9 Å². The monoisotopic (exact) mass is 181 g/mol. The molecule has 1 aromatic rings. The summed E-state index contributed by atoms with van der Waals surface area (Å²) in [5.74, 6) is 0. The Morgan fingerprint density at radius 1 is 1.69 bits per heavy atom. The Hall–Kier alpha value is -1.03. The van der Waals surface area contributed by atoms with Crippen LogP contribution in [0.5, 0.6) is 0 Å². The Bertz CT molecular complexity index is 284. The number of hydrogen-bond donors (Lipinski definition) is 1. The Morgan fingerprint density at radius 3 is 3.08 bits per heavy atom. The van der Waals surface area contributed by atoms with Crippen molar-refractivity contribution in [1.82, 2.24) is 9.78 Å². The quantitative estimate of drug-likeness (QED) is 0.740. The summed E-state index contributed by atoms with van der Waals surface area (Å²) in [5, 5.41) is 7.50. The Kier molecular flexibility index (Phi) is 2.22. The highest BCUT2D eigenvalue weighted by molar-refractivity contribution is 5.39. The lowest BCUT2D eigenvalue weighted by Crippen LogP contribution is -2.26. The normalized spacial score (nSPS) is 27.8. The van der Waals surface area contributed by atoms with Gasteiger partial charge in [-0.3, -0.25) is 4.68 Å². The van der Waals surface area contributed by atoms with Crippen LogP contribution in [0.25, 0.3) is 0 Å². The molecule has 1 aromatic heterocycles. The van der Waals surface area contributed by atoms with E-state index in [0.29, 0.717) is 12.1 Å². The van der Waals surface area contributed by atoms with Gasteiger partial charge in [0.05, 0.1) is 24.0 Å². The van der Waals surface area contributed by atoms with Crippen LogP contribution in [0.4, 0.5) is 5.69 Å². The first-order valence-electron chi connectivity index (χ1n) is 4.62. The summed E-state index contributed by atoms with van der Waals surface area (Å²) in [5.41, 5.74) is 1.07. The highest BCUT2D eigenvalue weighted by atomic mass is 16.5. The van der Waals surface area contributed by atoms with E-state index >= 15 is 0 Å². The zero-order chi connectivity index (χ0) is 9.26. The van der Waals surface area contributed by atoms with Gasteiger partial charge in [-0.2, -0.15) is 5.10 Å². The van der Waals surface area contributed by atoms with Gasteiger partial charge in [-0.15, -0.1) is 0 Å². The van der Waals surface area contributed by atoms with E-state index in [4.69, 9.17) is 4.74 Å². The van der Waals surface area contributed by atoms with Crippen LogP contribution >= 0.6 is 0 Å². The van der Waals surface area contributed by atoms with Crippen LogP contribution in [0.2, 0.25) is 0 Å². The molecule has 72 valence electrons. The zero-order valence-electron chi connectivity index (χ0n) is 8.03. The lowest BCUT2D eigenvalue weighted by molar-refractivity contribution is 0.121. The number of hydrogen-bond acceptors (Lipinski definition) is 3. The molecule has 0 aliphatic carbocycles. The van der Waals surface area contributed by atoms with Crippen LogP contribution in [0, 0.1) is 0 Å². The van der Waals surface area contributed by atoms with Crippen molar-refractivity contribution in [3.63, 3.8) is 0 Å². The molecule has 0 spiro atoms. The lowest BCUT2D eigenvalue weighted by atomic mass is 10.1. The van der Waals surface area contributed by atoms with Crippen molar-refractivity contribution in [2.45, 2.75) is 25.5 Å². The van der Waals surface area contributed by atoms with Gasteiger partial charge in [0.1, 0.15) is 0 Å². The maximum absolute atomic E-state index is 5.45. The maximum atomic E-state index is 5.45. The van der Waals surface area contributed by atoms with E-state index < -0.39 is 0 Å². The number of nitrogens with one attached hydrogen (secondary N) is 1. The van der Waals surface area contributed by atoms with E-state index in [9.17, 15) is 0 Å². The summed E-state index contributed by atoms with van der Waals surface area (Å²) < 4.78 is 7.25. The fourth-order valence-corrected chi connectivity index (χ4v) is 1.63. The molecule has 0 amide bonds. The molecule has 0 aromatic carbocycles. The second kappa shape index (κ2) is 3.38. The summed E-state index contributed by atoms with van der Waals surface area (Å²) in [4.78, 5) is 0. The highest BCUT2D eigenvalue weighted by Gasteiger charge is 2.23. The molecule has 1 aliphatic heterocycles. The fraction of sp³-hybridized carbons (Fsp3) is 0.667. The molecule has 1 N–H and O–H groups in total. The Balaban J connectivity index is 1.97. The minimum atomic E-state index is 0.306. The van der Waals surface area contributed by atoms with Gasteiger partial charge in [0.25, 0.3) is 0 Å². The third kappa shape index (κ3) is 1.83. The molecule has 1 saturated heterocycles. The van der Waals surface area contributed by atoms with Gasteiger partial charge < -0.3 is 10.1 Å². The predicted octanol–water partition coefficient (Wildman–Crippen LogP) is 1.01. The molecule has 1 fully saturated rings. The molecule has 2 heterocycles. The zero-order valence-corrected chi connectivity index (χ0v) is 8.03. The topological polar surface area (TPSA) is 39.1 Å². The number of aryl methyl sites for hydroxylation is 1. The molecular weight excluding hydrogens is 166 g/mol. The van der Waals surface area contributed by atoms with E-state index in [-0.39, 0.29) is 0 Å². The summed E-state index contributed by atoms with van der Waals surface area (Å²) in [6, 6.07) is 0.434. The first kappa shape index (κ1) is 8.56. The van der Waals surface area contributed by atoms with Crippen LogP contribution in [0.3, 0.4) is 0 Å². The number of ether oxygens (including phenoxy) is 1. The number of rotatable bonds is 2. The van der Waals surface area contributed by atoms with E-state index in [1.165, 1.54) is 0 Å². The molecule has 0 unspecified atom stereocenters. The summed E-state index contributed by atoms with van der Waals surface area (Å²) in [6.07, 6.45) is 5.20. The van der Waals surface area contributed by atoms with Gasteiger partial charge >= 0.3 is 0 Å². The maximum Gasteiger partial charge on any atom is 0.0748 e. The number of aromatic nitrogens is 2. The summed E-state index contributed by atoms with van der Waals surface area (Å²) in [7, 11) is 1.92. The lowest BCUT2D eigenvalue weighted by Gasteiger charge is -2.15. The van der Waals surface area contributed by atoms with E-state index in [0.717, 1.165) is 18.7 Å². The first-order chi connectivity index (χ1) is 6.25. The fourth-order valence-electron chi connectivity index (χ4n) is 1.63. The van der Waals surface area contributed by atoms with Gasteiger partial charge in [0.15, 0.2) is 0 Å². The Morgan fingerprint density at radius 2 is 2.54 bits per heavy atom. The van der Waals surface area contributed by atoms with Crippen molar-refractivity contribution >= 4 is 5.69 Å². The van der Waals surface area contributed by atoms with Crippen molar-refractivity contribution in [2.24, 2.45) is 7.05 Å². The van der Waals surface area contributed by atoms with Gasteiger partial charge in [-0.1, -0.05) is 0 Å². The van der Waals surface area contributed by atoms with Crippen molar-refractivity contribution < 1.29 is 4.74 Å². The van der Waals surface area contributed by atoms with Crippen molar-refractivity contribution in [3.8, 4) is 0 Å². The average Bonchev–Trinajstić information content (AvgIpc) is 2.64. The molecular formula is C9H15N3O. The summed E-state index contributed by atoms with van der Waals surface area (Å²) in [6.45, 7) is 2.96. The number of nitrogens with zero attached hydrogens (tertiary/aromatic N) is 2. The van der Waals surface area contributed by atoms with Crippen LogP contribution in [0.15, 0.2) is 12.4 Å². The minimum Gasteiger partial charge on any atom is -0.377 e. The van der Waals surface area contributed by atoms with Crippen LogP contribution in [-0.2, 0) is 11.8 Å². The molecule has 4 heteroatoms. The van der Waals surface area contributed by atoms with Crippen LogP contribution in [0.1, 0.15) is 13.3 Å². The van der Waals surface area contributed by atoms with Crippen LogP contribution < -0.4 is 5.32 Å². The molecule has 4 nitrogen and oxygen atoms in total. The van der Waals surface area contributed by atoms with Gasteiger partial charge in [-0.25, -0.2) is 0 Å². The van der Waals surface area contributed by atoms with Crippen LogP contribution in [-0.4, -0.2) is 28.5 Å². The van der Waals surface area contributed by atoms with Gasteiger partial charge in [0.2, 0.25) is 0 Å². The smallest absolute Gasteiger partial charge is 0.0748 e. The molecule has 0 bridgehead atoms. The minimum absolute atomic E-state index is 0.306. The molecule has 2 atom stereocenters. The number of anilines is 1. The second-order valence-electron chi connectivity index (χ2n) is 3.52. The summed E-state index contributed by atoms with van der Waals surface area (Å²) >= 11 is 0. The third-order valence-electron chi connectivity index (χ3n) is 2.43. The Labute approximate surface area is 77.9 Å². The van der Waals surface area contributed by atoms with E-state index in [1.807, 2.05) is 19.4 Å². The van der Waals surface area contributed by atoms with E-state index in [1.54, 1.807) is 4.68 Å². The molecule has 1 aliphatic rings. The molecule has 13 heavy (non-hydrogen) atoms. The standard InChI is InChI=1S/C9H15N3O/c1-7-9(3-4-13-7)11-8-5-10-12(2)6-8/h5-7,9,11H,3-4H2,1-2H3/t7-,9-/m1/s1. The largest absolute Gasteiger partial charge is 0.377 e. The van der Waals surface area contributed by atoms with Gasteiger partial charge in [-0.05, 0) is 13.3 Å².